The number of piperidine rings is 1. The van der Waals surface area contributed by atoms with Crippen LogP contribution in [-0.4, -0.2) is 76.6 Å². The molecule has 2 aromatic heterocycles. The Morgan fingerprint density at radius 2 is 1.75 bits per heavy atom. The Hall–Kier alpha value is -2.58. The van der Waals surface area contributed by atoms with Crippen molar-refractivity contribution in [3.63, 3.8) is 0 Å². The predicted molar refractivity (Wildman–Crippen MR) is 124 cm³/mol. The molecule has 2 fully saturated rings. The smallest absolute Gasteiger partial charge is 0.227 e. The predicted octanol–water partition coefficient (Wildman–Crippen LogP) is 2.97. The Morgan fingerprint density at radius 1 is 1.03 bits per heavy atom. The minimum absolute atomic E-state index is 0.240. The van der Waals surface area contributed by atoms with Crippen LogP contribution in [0.4, 0.5) is 11.6 Å². The Balaban J connectivity index is 1.38. The number of ether oxygens (including phenoxy) is 1. The van der Waals surface area contributed by atoms with Gasteiger partial charge in [0.05, 0.1) is 13.2 Å². The van der Waals surface area contributed by atoms with E-state index in [-0.39, 0.29) is 5.91 Å². The van der Waals surface area contributed by atoms with Crippen molar-refractivity contribution >= 4 is 17.5 Å². The van der Waals surface area contributed by atoms with E-state index in [2.05, 4.69) is 26.3 Å². The van der Waals surface area contributed by atoms with Gasteiger partial charge in [-0.3, -0.25) is 9.78 Å². The van der Waals surface area contributed by atoms with E-state index in [1.165, 1.54) is 0 Å². The van der Waals surface area contributed by atoms with Gasteiger partial charge in [-0.15, -0.1) is 0 Å². The van der Waals surface area contributed by atoms with Crippen molar-refractivity contribution in [1.82, 2.24) is 24.8 Å². The summed E-state index contributed by atoms with van der Waals surface area (Å²) >= 11 is 0. The lowest BCUT2D eigenvalue weighted by atomic mass is 9.93. The maximum absolute atomic E-state index is 12.5. The zero-order valence-corrected chi connectivity index (χ0v) is 19.4. The van der Waals surface area contributed by atoms with Crippen LogP contribution in [0.2, 0.25) is 0 Å². The van der Waals surface area contributed by atoms with Gasteiger partial charge in [0.1, 0.15) is 0 Å². The van der Waals surface area contributed by atoms with Crippen molar-refractivity contribution in [3.05, 3.63) is 41.0 Å². The number of aromatic nitrogens is 3. The quantitative estimate of drug-likeness (QED) is 0.742. The third-order valence-electron chi connectivity index (χ3n) is 6.14. The van der Waals surface area contributed by atoms with Crippen molar-refractivity contribution in [3.8, 4) is 0 Å². The van der Waals surface area contributed by atoms with Crippen molar-refractivity contribution in [1.29, 1.82) is 0 Å². The van der Waals surface area contributed by atoms with Crippen LogP contribution in [0.1, 0.15) is 48.0 Å². The molecule has 2 aromatic rings. The van der Waals surface area contributed by atoms with Crippen LogP contribution in [0.5, 0.6) is 0 Å². The maximum Gasteiger partial charge on any atom is 0.227 e. The highest BCUT2D eigenvalue weighted by Crippen LogP contribution is 2.28. The highest BCUT2D eigenvalue weighted by Gasteiger charge is 2.24. The van der Waals surface area contributed by atoms with Crippen molar-refractivity contribution < 1.29 is 9.53 Å². The number of rotatable bonds is 6. The molecule has 0 unspecified atom stereocenters. The van der Waals surface area contributed by atoms with Crippen molar-refractivity contribution in [2.24, 2.45) is 0 Å². The molecule has 0 bridgehead atoms. The molecular weight excluding hydrogens is 404 g/mol. The number of amides is 1. The van der Waals surface area contributed by atoms with Crippen LogP contribution < -0.4 is 5.32 Å². The van der Waals surface area contributed by atoms with E-state index < -0.39 is 0 Å². The molecule has 0 aromatic carbocycles. The van der Waals surface area contributed by atoms with E-state index in [4.69, 9.17) is 9.72 Å². The molecule has 1 amide bonds. The number of pyridine rings is 1. The molecule has 2 saturated heterocycles. The summed E-state index contributed by atoms with van der Waals surface area (Å²) < 4.78 is 5.35. The first-order chi connectivity index (χ1) is 15.5. The molecule has 2 aliphatic heterocycles. The van der Waals surface area contributed by atoms with Gasteiger partial charge < -0.3 is 19.9 Å². The van der Waals surface area contributed by atoms with Gasteiger partial charge >= 0.3 is 0 Å². The minimum atomic E-state index is 0.240. The summed E-state index contributed by atoms with van der Waals surface area (Å²) in [5.41, 5.74) is 4.94. The van der Waals surface area contributed by atoms with E-state index >= 15 is 0 Å². The van der Waals surface area contributed by atoms with Gasteiger partial charge in [-0.05, 0) is 58.4 Å². The van der Waals surface area contributed by atoms with Crippen LogP contribution in [0.3, 0.4) is 0 Å². The summed E-state index contributed by atoms with van der Waals surface area (Å²) in [4.78, 5) is 30.7. The van der Waals surface area contributed by atoms with Crippen LogP contribution in [-0.2, 0) is 9.53 Å². The summed E-state index contributed by atoms with van der Waals surface area (Å²) in [7, 11) is 0. The Bertz CT molecular complexity index is 924. The first-order valence-electron chi connectivity index (χ1n) is 11.6. The van der Waals surface area contributed by atoms with Crippen LogP contribution >= 0.6 is 0 Å². The molecule has 1 atom stereocenters. The molecule has 172 valence electrons. The maximum atomic E-state index is 12.5. The average Bonchev–Trinajstić information content (AvgIpc) is 2.77. The molecule has 0 aliphatic carbocycles. The molecule has 0 saturated carbocycles. The molecule has 8 heteroatoms. The Labute approximate surface area is 190 Å². The zero-order valence-electron chi connectivity index (χ0n) is 19.4. The molecule has 1 N–H and O–H groups in total. The van der Waals surface area contributed by atoms with Crippen LogP contribution in [0.15, 0.2) is 18.2 Å². The third-order valence-corrected chi connectivity index (χ3v) is 6.14. The Kier molecular flexibility index (Phi) is 7.32. The number of likely N-dealkylation sites (tertiary alicyclic amines) is 1. The van der Waals surface area contributed by atoms with Gasteiger partial charge in [-0.1, -0.05) is 0 Å². The number of hydrogen-bond donors (Lipinski definition) is 1. The molecular formula is C24H34N6O2. The highest BCUT2D eigenvalue weighted by molar-refractivity contribution is 5.76. The summed E-state index contributed by atoms with van der Waals surface area (Å²) in [6, 6.07) is 6.13. The number of aryl methyl sites for hydroxylation is 3. The largest absolute Gasteiger partial charge is 0.378 e. The fourth-order valence-corrected chi connectivity index (χ4v) is 4.61. The van der Waals surface area contributed by atoms with Gasteiger partial charge in [0.15, 0.2) is 0 Å². The number of nitrogens with zero attached hydrogens (tertiary/aromatic N) is 5. The van der Waals surface area contributed by atoms with Gasteiger partial charge in [-0.25, -0.2) is 9.97 Å². The summed E-state index contributed by atoms with van der Waals surface area (Å²) in [5, 5.41) is 3.36. The van der Waals surface area contributed by atoms with E-state index in [1.54, 1.807) is 0 Å². The molecule has 4 heterocycles. The van der Waals surface area contributed by atoms with Crippen molar-refractivity contribution in [2.75, 3.05) is 51.3 Å². The second-order valence-corrected chi connectivity index (χ2v) is 8.90. The molecule has 2 aliphatic rings. The first-order valence-corrected chi connectivity index (χ1v) is 11.6. The average molecular weight is 439 g/mol. The second kappa shape index (κ2) is 10.4. The fourth-order valence-electron chi connectivity index (χ4n) is 4.61. The normalized spacial score (nSPS) is 19.7. The van der Waals surface area contributed by atoms with Gasteiger partial charge in [-0.2, -0.15) is 0 Å². The standard InChI is InChI=1S/C24H34N6O2/c1-17-13-18(2)27-24(26-17)28-21-14-19(3)25-22(15-21)20-5-4-7-29(16-20)8-6-23(31)30-9-11-32-12-10-30/h13-15,20H,4-12,16H2,1-3H3,(H,25,26,27,28)/t20-/m0/s1. The third kappa shape index (κ3) is 6.01. The number of anilines is 2. The lowest BCUT2D eigenvalue weighted by Crippen LogP contribution is -2.43. The van der Waals surface area contributed by atoms with E-state index in [1.807, 2.05) is 37.8 Å². The molecule has 4 rings (SSSR count). The minimum Gasteiger partial charge on any atom is -0.378 e. The number of hydrogen-bond acceptors (Lipinski definition) is 7. The van der Waals surface area contributed by atoms with Crippen LogP contribution in [0, 0.1) is 20.8 Å². The fraction of sp³-hybridized carbons (Fsp3) is 0.583. The SMILES string of the molecule is Cc1cc(Nc2nc(C)cc(C)n2)cc([C@H]2CCCN(CCC(=O)N3CCOCC3)C2)n1. The summed E-state index contributed by atoms with van der Waals surface area (Å²) in [6.07, 6.45) is 2.81. The first kappa shape index (κ1) is 22.6. The van der Waals surface area contributed by atoms with Gasteiger partial charge in [0, 0.05) is 67.0 Å². The number of carbonyl (C=O) groups excluding carboxylic acids is 1. The highest BCUT2D eigenvalue weighted by atomic mass is 16.5. The summed E-state index contributed by atoms with van der Waals surface area (Å²) in [6.45, 7) is 11.5. The van der Waals surface area contributed by atoms with Crippen LogP contribution in [0.25, 0.3) is 0 Å². The van der Waals surface area contributed by atoms with E-state index in [0.29, 0.717) is 44.6 Å². The Morgan fingerprint density at radius 3 is 2.50 bits per heavy atom. The van der Waals surface area contributed by atoms with Gasteiger partial charge in [0.25, 0.3) is 0 Å². The lowest BCUT2D eigenvalue weighted by Gasteiger charge is -2.33. The molecule has 0 spiro atoms. The monoisotopic (exact) mass is 438 g/mol. The molecule has 0 radical (unpaired) electrons. The number of morpholine rings is 1. The van der Waals surface area contributed by atoms with Crippen molar-refractivity contribution in [2.45, 2.75) is 46.0 Å². The van der Waals surface area contributed by atoms with E-state index in [9.17, 15) is 4.79 Å². The second-order valence-electron chi connectivity index (χ2n) is 8.90. The van der Waals surface area contributed by atoms with E-state index in [0.717, 1.165) is 60.9 Å². The lowest BCUT2D eigenvalue weighted by molar-refractivity contribution is -0.135. The molecule has 32 heavy (non-hydrogen) atoms. The zero-order chi connectivity index (χ0) is 22.5. The number of nitrogens with one attached hydrogen (secondary N) is 1. The van der Waals surface area contributed by atoms with Gasteiger partial charge in [0.2, 0.25) is 11.9 Å². The topological polar surface area (TPSA) is 83.5 Å². The molecule has 8 nitrogen and oxygen atoms in total. The number of carbonyl (C=O) groups is 1. The summed E-state index contributed by atoms with van der Waals surface area (Å²) in [5.74, 6) is 1.22.